The lowest BCUT2D eigenvalue weighted by molar-refractivity contribution is 0.0266. The SMILES string of the molecule is C=CCCCN(C)C(=NCCC(OCC)C(C)C)NCC. The first kappa shape index (κ1) is 20.0. The number of ether oxygens (including phenoxy) is 1. The lowest BCUT2D eigenvalue weighted by Crippen LogP contribution is -2.39. The van der Waals surface area contributed by atoms with E-state index in [0.717, 1.165) is 51.5 Å². The lowest BCUT2D eigenvalue weighted by Gasteiger charge is -2.23. The van der Waals surface area contributed by atoms with Crippen LogP contribution in [0.15, 0.2) is 17.6 Å². The molecule has 0 rings (SSSR count). The molecule has 1 unspecified atom stereocenters. The summed E-state index contributed by atoms with van der Waals surface area (Å²) in [6, 6.07) is 0. The number of hydrogen-bond donors (Lipinski definition) is 1. The van der Waals surface area contributed by atoms with Gasteiger partial charge in [0.2, 0.25) is 0 Å². The van der Waals surface area contributed by atoms with Crippen LogP contribution in [0.25, 0.3) is 0 Å². The predicted molar refractivity (Wildman–Crippen MR) is 92.9 cm³/mol. The van der Waals surface area contributed by atoms with E-state index in [9.17, 15) is 0 Å². The summed E-state index contributed by atoms with van der Waals surface area (Å²) in [5.74, 6) is 1.52. The number of unbranched alkanes of at least 4 members (excludes halogenated alkanes) is 1. The summed E-state index contributed by atoms with van der Waals surface area (Å²) < 4.78 is 5.77. The van der Waals surface area contributed by atoms with Crippen molar-refractivity contribution in [2.45, 2.75) is 53.1 Å². The van der Waals surface area contributed by atoms with Crippen LogP contribution in [0, 0.1) is 5.92 Å². The number of nitrogens with zero attached hydrogens (tertiary/aromatic N) is 2. The number of hydrogen-bond acceptors (Lipinski definition) is 2. The summed E-state index contributed by atoms with van der Waals surface area (Å²) >= 11 is 0. The summed E-state index contributed by atoms with van der Waals surface area (Å²) in [7, 11) is 2.09. The van der Waals surface area contributed by atoms with Gasteiger partial charge in [-0.2, -0.15) is 0 Å². The molecule has 0 heterocycles. The Balaban J connectivity index is 4.39. The van der Waals surface area contributed by atoms with Crippen LogP contribution >= 0.6 is 0 Å². The van der Waals surface area contributed by atoms with Crippen molar-refractivity contribution in [1.29, 1.82) is 0 Å². The highest BCUT2D eigenvalue weighted by Gasteiger charge is 2.13. The molecule has 0 aliphatic carbocycles. The van der Waals surface area contributed by atoms with Crippen LogP contribution < -0.4 is 5.32 Å². The Morgan fingerprint density at radius 2 is 2.10 bits per heavy atom. The number of aliphatic imine (C=N–C) groups is 1. The van der Waals surface area contributed by atoms with E-state index in [1.54, 1.807) is 0 Å². The molecular formula is C17H35N3O. The van der Waals surface area contributed by atoms with Crippen molar-refractivity contribution in [2.75, 3.05) is 33.3 Å². The van der Waals surface area contributed by atoms with Crippen molar-refractivity contribution in [1.82, 2.24) is 10.2 Å². The molecule has 0 aliphatic rings. The molecule has 0 spiro atoms. The van der Waals surface area contributed by atoms with Gasteiger partial charge in [0, 0.05) is 33.3 Å². The fourth-order valence-electron chi connectivity index (χ4n) is 2.17. The fourth-order valence-corrected chi connectivity index (χ4v) is 2.17. The number of allylic oxidation sites excluding steroid dienone is 1. The van der Waals surface area contributed by atoms with Crippen LogP contribution in [0.4, 0.5) is 0 Å². The lowest BCUT2D eigenvalue weighted by atomic mass is 10.0. The second-order valence-corrected chi connectivity index (χ2v) is 5.61. The second-order valence-electron chi connectivity index (χ2n) is 5.61. The molecule has 0 aliphatic heterocycles. The van der Waals surface area contributed by atoms with Crippen LogP contribution in [-0.2, 0) is 4.74 Å². The van der Waals surface area contributed by atoms with Crippen molar-refractivity contribution in [2.24, 2.45) is 10.9 Å². The normalized spacial score (nSPS) is 13.3. The molecule has 0 bridgehead atoms. The third kappa shape index (κ3) is 9.51. The van der Waals surface area contributed by atoms with E-state index in [1.165, 1.54) is 0 Å². The minimum Gasteiger partial charge on any atom is -0.378 e. The largest absolute Gasteiger partial charge is 0.378 e. The molecule has 0 saturated carbocycles. The molecule has 4 heteroatoms. The molecule has 1 N–H and O–H groups in total. The van der Waals surface area contributed by atoms with Gasteiger partial charge in [0.15, 0.2) is 5.96 Å². The molecule has 0 radical (unpaired) electrons. The zero-order valence-corrected chi connectivity index (χ0v) is 14.7. The quantitative estimate of drug-likeness (QED) is 0.275. The van der Waals surface area contributed by atoms with Crippen molar-refractivity contribution in [3.8, 4) is 0 Å². The maximum atomic E-state index is 5.77. The van der Waals surface area contributed by atoms with Crippen molar-refractivity contribution in [3.05, 3.63) is 12.7 Å². The third-order valence-electron chi connectivity index (χ3n) is 3.40. The Kier molecular flexibility index (Phi) is 12.1. The Morgan fingerprint density at radius 3 is 2.62 bits per heavy atom. The van der Waals surface area contributed by atoms with Crippen LogP contribution in [0.1, 0.15) is 47.0 Å². The summed E-state index contributed by atoms with van der Waals surface area (Å²) in [5, 5.41) is 3.35. The summed E-state index contributed by atoms with van der Waals surface area (Å²) in [5.41, 5.74) is 0. The van der Waals surface area contributed by atoms with Crippen LogP contribution in [0.3, 0.4) is 0 Å². The zero-order chi connectivity index (χ0) is 16.1. The van der Waals surface area contributed by atoms with Gasteiger partial charge in [-0.1, -0.05) is 19.9 Å². The van der Waals surface area contributed by atoms with Gasteiger partial charge in [0.1, 0.15) is 0 Å². The Hall–Kier alpha value is -1.03. The second kappa shape index (κ2) is 12.7. The van der Waals surface area contributed by atoms with Gasteiger partial charge in [-0.3, -0.25) is 4.99 Å². The zero-order valence-electron chi connectivity index (χ0n) is 14.7. The molecule has 1 atom stereocenters. The minimum atomic E-state index is 0.299. The van der Waals surface area contributed by atoms with Crippen LogP contribution in [0.2, 0.25) is 0 Å². The highest BCUT2D eigenvalue weighted by Crippen LogP contribution is 2.10. The topological polar surface area (TPSA) is 36.9 Å². The highest BCUT2D eigenvalue weighted by atomic mass is 16.5. The predicted octanol–water partition coefficient (Wildman–Crippen LogP) is 3.30. The van der Waals surface area contributed by atoms with Crippen molar-refractivity contribution < 1.29 is 4.74 Å². The summed E-state index contributed by atoms with van der Waals surface area (Å²) in [6.07, 6.45) is 5.39. The van der Waals surface area contributed by atoms with Crippen molar-refractivity contribution >= 4 is 5.96 Å². The smallest absolute Gasteiger partial charge is 0.193 e. The standard InChI is InChI=1S/C17H35N3O/c1-7-10-11-14-20(6)17(18-8-2)19-13-12-16(15(4)5)21-9-3/h7,15-16H,1,8-14H2,2-6H3,(H,18,19). The molecule has 21 heavy (non-hydrogen) atoms. The van der Waals surface area contributed by atoms with E-state index >= 15 is 0 Å². The van der Waals surface area contributed by atoms with Crippen LogP contribution in [0.5, 0.6) is 0 Å². The van der Waals surface area contributed by atoms with E-state index in [0.29, 0.717) is 12.0 Å². The van der Waals surface area contributed by atoms with E-state index < -0.39 is 0 Å². The molecule has 0 amide bonds. The van der Waals surface area contributed by atoms with Gasteiger partial charge in [0.25, 0.3) is 0 Å². The first-order valence-electron chi connectivity index (χ1n) is 8.28. The molecule has 0 aromatic heterocycles. The molecule has 0 fully saturated rings. The minimum absolute atomic E-state index is 0.299. The fraction of sp³-hybridized carbons (Fsp3) is 0.824. The van der Waals surface area contributed by atoms with Gasteiger partial charge in [0.05, 0.1) is 6.10 Å². The Bertz CT molecular complexity index is 290. The summed E-state index contributed by atoms with van der Waals surface area (Å²) in [4.78, 5) is 6.91. The monoisotopic (exact) mass is 297 g/mol. The maximum Gasteiger partial charge on any atom is 0.193 e. The Labute approximate surface area is 131 Å². The highest BCUT2D eigenvalue weighted by molar-refractivity contribution is 5.79. The van der Waals surface area contributed by atoms with Gasteiger partial charge in [-0.15, -0.1) is 6.58 Å². The summed E-state index contributed by atoms with van der Waals surface area (Å²) in [6.45, 7) is 15.8. The van der Waals surface area contributed by atoms with E-state index in [-0.39, 0.29) is 0 Å². The van der Waals surface area contributed by atoms with E-state index in [4.69, 9.17) is 9.73 Å². The average Bonchev–Trinajstić information content (AvgIpc) is 2.45. The first-order chi connectivity index (χ1) is 10.1. The molecule has 124 valence electrons. The van der Waals surface area contributed by atoms with E-state index in [2.05, 4.69) is 51.5 Å². The molecule has 0 saturated heterocycles. The number of nitrogens with one attached hydrogen (secondary N) is 1. The molecule has 0 aromatic carbocycles. The molecular weight excluding hydrogens is 262 g/mol. The first-order valence-corrected chi connectivity index (χ1v) is 8.28. The van der Waals surface area contributed by atoms with Gasteiger partial charge in [-0.05, 0) is 39.0 Å². The third-order valence-corrected chi connectivity index (χ3v) is 3.40. The number of rotatable bonds is 11. The molecule has 0 aromatic rings. The van der Waals surface area contributed by atoms with E-state index in [1.807, 2.05) is 6.08 Å². The van der Waals surface area contributed by atoms with Gasteiger partial charge < -0.3 is 15.0 Å². The maximum absolute atomic E-state index is 5.77. The average molecular weight is 297 g/mol. The Morgan fingerprint density at radius 1 is 1.38 bits per heavy atom. The van der Waals surface area contributed by atoms with Gasteiger partial charge in [-0.25, -0.2) is 0 Å². The van der Waals surface area contributed by atoms with Crippen LogP contribution in [-0.4, -0.2) is 50.3 Å². The van der Waals surface area contributed by atoms with Gasteiger partial charge >= 0.3 is 0 Å². The van der Waals surface area contributed by atoms with Crippen molar-refractivity contribution in [3.63, 3.8) is 0 Å². The molecule has 4 nitrogen and oxygen atoms in total. The number of guanidine groups is 1.